The zero-order chi connectivity index (χ0) is 21.2. The minimum atomic E-state index is -1.46. The summed E-state index contributed by atoms with van der Waals surface area (Å²) >= 11 is 0. The molecule has 0 amide bonds. The predicted molar refractivity (Wildman–Crippen MR) is 85.8 cm³/mol. The van der Waals surface area contributed by atoms with Crippen LogP contribution in [-0.4, -0.2) is 62.1 Å². The highest BCUT2D eigenvalue weighted by Gasteiger charge is 2.53. The van der Waals surface area contributed by atoms with Crippen LogP contribution in [0.2, 0.25) is 0 Å². The molecule has 28 heavy (non-hydrogen) atoms. The van der Waals surface area contributed by atoms with E-state index in [1.54, 1.807) is 0 Å². The van der Waals surface area contributed by atoms with Crippen LogP contribution in [0.3, 0.4) is 0 Å². The average molecular weight is 402 g/mol. The second kappa shape index (κ2) is 8.16. The number of esters is 3. The first kappa shape index (κ1) is 21.0. The largest absolute Gasteiger partial charge is 0.463 e. The van der Waals surface area contributed by atoms with Crippen LogP contribution >= 0.6 is 0 Å². The lowest BCUT2D eigenvalue weighted by molar-refractivity contribution is -0.397. The summed E-state index contributed by atoms with van der Waals surface area (Å²) in [5.74, 6) is -2.97. The number of nitrogens with zero attached hydrogens (tertiary/aromatic N) is 4. The molecular formula is C14H18N4O10. The van der Waals surface area contributed by atoms with Crippen molar-refractivity contribution in [3.05, 3.63) is 20.6 Å². The van der Waals surface area contributed by atoms with Crippen LogP contribution in [0.25, 0.3) is 0 Å². The van der Waals surface area contributed by atoms with Gasteiger partial charge in [-0.05, 0) is 4.92 Å². The Morgan fingerprint density at radius 1 is 1.14 bits per heavy atom. The Balaban J connectivity index is 2.48. The monoisotopic (exact) mass is 402 g/mol. The zero-order valence-corrected chi connectivity index (χ0v) is 15.4. The number of carbonyl (C=O) groups is 3. The highest BCUT2D eigenvalue weighted by Crippen LogP contribution is 2.33. The van der Waals surface area contributed by atoms with E-state index in [4.69, 9.17) is 18.9 Å². The first-order valence-electron chi connectivity index (χ1n) is 7.96. The van der Waals surface area contributed by atoms with Gasteiger partial charge in [0, 0.05) is 25.9 Å². The van der Waals surface area contributed by atoms with E-state index >= 15 is 0 Å². The van der Waals surface area contributed by atoms with Gasteiger partial charge in [0.15, 0.2) is 12.2 Å². The number of nitro groups is 1. The SMILES string of the molecule is CC(=O)OC[C@H]1O[C@@H](n2nc([N+](=O)[O-])n(C)c2=O)[C@H](OC(C)=O)[C@@H]1OC(C)=O. The van der Waals surface area contributed by atoms with E-state index < -0.39 is 59.0 Å². The normalized spacial score (nSPS) is 23.9. The van der Waals surface area contributed by atoms with Crippen LogP contribution < -0.4 is 5.69 Å². The van der Waals surface area contributed by atoms with Crippen molar-refractivity contribution in [3.8, 4) is 0 Å². The predicted octanol–water partition coefficient (Wildman–Crippen LogP) is -1.19. The van der Waals surface area contributed by atoms with E-state index in [1.165, 1.54) is 0 Å². The van der Waals surface area contributed by atoms with Crippen LogP contribution in [0.15, 0.2) is 4.79 Å². The Labute approximate surface area is 157 Å². The summed E-state index contributed by atoms with van der Waals surface area (Å²) in [5.41, 5.74) is -0.927. The number of rotatable bonds is 6. The maximum absolute atomic E-state index is 12.4. The fourth-order valence-electron chi connectivity index (χ4n) is 2.66. The second-order valence-electron chi connectivity index (χ2n) is 5.86. The van der Waals surface area contributed by atoms with Crippen molar-refractivity contribution in [1.29, 1.82) is 0 Å². The summed E-state index contributed by atoms with van der Waals surface area (Å²) in [6, 6.07) is 0. The van der Waals surface area contributed by atoms with E-state index in [0.717, 1.165) is 27.8 Å². The van der Waals surface area contributed by atoms with Gasteiger partial charge in [0.2, 0.25) is 6.23 Å². The minimum absolute atomic E-state index is 0.384. The lowest BCUT2D eigenvalue weighted by Gasteiger charge is -2.22. The first-order valence-corrected chi connectivity index (χ1v) is 7.96. The Hall–Kier alpha value is -3.29. The molecule has 2 heterocycles. The fourth-order valence-corrected chi connectivity index (χ4v) is 2.66. The van der Waals surface area contributed by atoms with Crippen molar-refractivity contribution in [2.45, 2.75) is 45.3 Å². The first-order chi connectivity index (χ1) is 13.0. The molecule has 0 saturated carbocycles. The van der Waals surface area contributed by atoms with E-state index in [-0.39, 0.29) is 6.61 Å². The second-order valence-corrected chi connectivity index (χ2v) is 5.86. The molecule has 0 aliphatic carbocycles. The minimum Gasteiger partial charge on any atom is -0.463 e. The van der Waals surface area contributed by atoms with E-state index in [0.29, 0.717) is 9.25 Å². The molecule has 0 N–H and O–H groups in total. The van der Waals surface area contributed by atoms with Crippen molar-refractivity contribution in [2.75, 3.05) is 6.61 Å². The molecule has 2 rings (SSSR count). The molecule has 0 bridgehead atoms. The third-order valence-electron chi connectivity index (χ3n) is 3.72. The van der Waals surface area contributed by atoms with E-state index in [2.05, 4.69) is 5.10 Å². The molecule has 1 fully saturated rings. The average Bonchev–Trinajstić information content (AvgIpc) is 3.04. The fraction of sp³-hybridized carbons (Fsp3) is 0.643. The maximum atomic E-state index is 12.4. The van der Waals surface area contributed by atoms with Gasteiger partial charge in [-0.3, -0.25) is 14.4 Å². The third-order valence-corrected chi connectivity index (χ3v) is 3.72. The molecule has 1 aromatic rings. The molecule has 154 valence electrons. The Bertz CT molecular complexity index is 859. The summed E-state index contributed by atoms with van der Waals surface area (Å²) in [4.78, 5) is 56.6. The Morgan fingerprint density at radius 3 is 2.18 bits per heavy atom. The van der Waals surface area contributed by atoms with Gasteiger partial charge >= 0.3 is 29.5 Å². The summed E-state index contributed by atoms with van der Waals surface area (Å²) < 4.78 is 22.0. The molecule has 14 nitrogen and oxygen atoms in total. The lowest BCUT2D eigenvalue weighted by atomic mass is 10.1. The van der Waals surface area contributed by atoms with Crippen molar-refractivity contribution >= 4 is 23.9 Å². The smallest absolute Gasteiger partial charge is 0.459 e. The van der Waals surface area contributed by atoms with Crippen LogP contribution in [0.1, 0.15) is 27.0 Å². The van der Waals surface area contributed by atoms with E-state index in [9.17, 15) is 29.3 Å². The van der Waals surface area contributed by atoms with Crippen LogP contribution in [-0.2, 0) is 40.4 Å². The van der Waals surface area contributed by atoms with Gasteiger partial charge in [0.25, 0.3) is 0 Å². The van der Waals surface area contributed by atoms with Crippen LogP contribution in [0.4, 0.5) is 5.95 Å². The van der Waals surface area contributed by atoms with Gasteiger partial charge in [0.1, 0.15) is 12.7 Å². The molecule has 0 aromatic carbocycles. The molecule has 1 aromatic heterocycles. The number of hydrogen-bond donors (Lipinski definition) is 0. The maximum Gasteiger partial charge on any atom is 0.459 e. The van der Waals surface area contributed by atoms with E-state index in [1.807, 2.05) is 0 Å². The molecule has 0 spiro atoms. The van der Waals surface area contributed by atoms with Crippen molar-refractivity contribution in [2.24, 2.45) is 7.05 Å². The Kier molecular flexibility index (Phi) is 6.12. The standard InChI is InChI=1S/C14H18N4O10/c1-6(19)25-5-9-10(26-7(2)20)11(27-8(3)21)12(28-9)17-14(22)16(4)13(15-17)18(23)24/h9-12H,5H2,1-4H3/t9-,10-,11-,12-/m1/s1. The topological polar surface area (TPSA) is 171 Å². The molecular weight excluding hydrogens is 384 g/mol. The highest BCUT2D eigenvalue weighted by atomic mass is 16.7. The Morgan fingerprint density at radius 2 is 1.71 bits per heavy atom. The summed E-state index contributed by atoms with van der Waals surface area (Å²) in [6.45, 7) is 2.93. The third kappa shape index (κ3) is 4.33. The summed E-state index contributed by atoms with van der Waals surface area (Å²) in [6.07, 6.45) is -5.19. The van der Waals surface area contributed by atoms with Gasteiger partial charge in [-0.2, -0.15) is 4.57 Å². The molecule has 0 radical (unpaired) electrons. The molecule has 4 atom stereocenters. The molecule has 1 aliphatic heterocycles. The van der Waals surface area contributed by atoms with Crippen molar-refractivity contribution in [3.63, 3.8) is 0 Å². The number of aromatic nitrogens is 3. The van der Waals surface area contributed by atoms with Crippen molar-refractivity contribution < 1.29 is 38.3 Å². The van der Waals surface area contributed by atoms with Gasteiger partial charge in [-0.15, -0.1) is 4.68 Å². The molecule has 14 heteroatoms. The quantitative estimate of drug-likeness (QED) is 0.242. The summed E-state index contributed by atoms with van der Waals surface area (Å²) in [5, 5.41) is 14.6. The summed E-state index contributed by atoms with van der Waals surface area (Å²) in [7, 11) is 1.12. The van der Waals surface area contributed by atoms with Crippen LogP contribution in [0, 0.1) is 10.1 Å². The van der Waals surface area contributed by atoms with Gasteiger partial charge in [0.05, 0.1) is 7.05 Å². The highest BCUT2D eigenvalue weighted by molar-refractivity contribution is 5.67. The van der Waals surface area contributed by atoms with Gasteiger partial charge in [-0.25, -0.2) is 4.79 Å². The molecule has 1 saturated heterocycles. The number of hydrogen-bond acceptors (Lipinski definition) is 11. The molecule has 1 aliphatic rings. The van der Waals surface area contributed by atoms with Crippen molar-refractivity contribution in [1.82, 2.24) is 14.3 Å². The van der Waals surface area contributed by atoms with Crippen LogP contribution in [0.5, 0.6) is 0 Å². The molecule has 0 unspecified atom stereocenters. The lowest BCUT2D eigenvalue weighted by Crippen LogP contribution is -2.41. The number of carbonyl (C=O) groups excluding carboxylic acids is 3. The zero-order valence-electron chi connectivity index (χ0n) is 15.4. The van der Waals surface area contributed by atoms with Gasteiger partial charge in [-0.1, -0.05) is 0 Å². The van der Waals surface area contributed by atoms with Gasteiger partial charge < -0.3 is 29.1 Å². The number of ether oxygens (including phenoxy) is 4.